The molecule has 3 heterocycles. The lowest BCUT2D eigenvalue weighted by molar-refractivity contribution is -0.143. The second-order valence-electron chi connectivity index (χ2n) is 11.8. The number of amides is 1. The summed E-state index contributed by atoms with van der Waals surface area (Å²) in [5, 5.41) is 4.45. The molecule has 1 saturated heterocycles. The highest BCUT2D eigenvalue weighted by molar-refractivity contribution is 5.92. The maximum absolute atomic E-state index is 12.3. The molecule has 0 saturated carbocycles. The number of rotatable bonds is 13. The van der Waals surface area contributed by atoms with Crippen LogP contribution in [0, 0.1) is 5.92 Å². The molecule has 2 aromatic heterocycles. The van der Waals surface area contributed by atoms with Gasteiger partial charge >= 0.3 is 12.1 Å². The van der Waals surface area contributed by atoms with Gasteiger partial charge in [0.05, 0.1) is 19.1 Å². The molecule has 0 spiro atoms. The van der Waals surface area contributed by atoms with Gasteiger partial charge in [-0.3, -0.25) is 9.69 Å². The fourth-order valence-electron chi connectivity index (χ4n) is 5.22. The third-order valence-corrected chi connectivity index (χ3v) is 7.14. The van der Waals surface area contributed by atoms with Crippen LogP contribution in [0.5, 0.6) is 5.75 Å². The van der Waals surface area contributed by atoms with Crippen LogP contribution >= 0.6 is 0 Å². The minimum Gasteiger partial charge on any atom is -0.496 e. The summed E-state index contributed by atoms with van der Waals surface area (Å²) in [5.41, 5.74) is 3.35. The highest BCUT2D eigenvalue weighted by atomic mass is 16.6. The second-order valence-corrected chi connectivity index (χ2v) is 11.8. The van der Waals surface area contributed by atoms with Gasteiger partial charge in [0.1, 0.15) is 29.1 Å². The van der Waals surface area contributed by atoms with E-state index in [9.17, 15) is 9.59 Å². The molecule has 0 bridgehead atoms. The summed E-state index contributed by atoms with van der Waals surface area (Å²) in [7, 11) is 3.46. The van der Waals surface area contributed by atoms with Crippen LogP contribution in [0.1, 0.15) is 58.1 Å². The highest BCUT2D eigenvalue weighted by Crippen LogP contribution is 2.31. The van der Waals surface area contributed by atoms with E-state index in [1.807, 2.05) is 46.0 Å². The molecule has 0 radical (unpaired) electrons. The Bertz CT molecular complexity index is 1360. The zero-order valence-corrected chi connectivity index (χ0v) is 25.7. The number of carbonyl (C=O) groups excluding carboxylic acids is 2. The molecule has 1 fully saturated rings. The van der Waals surface area contributed by atoms with Crippen LogP contribution in [0.3, 0.4) is 0 Å². The lowest BCUT2D eigenvalue weighted by Gasteiger charge is -2.41. The van der Waals surface area contributed by atoms with Crippen LogP contribution in [-0.4, -0.2) is 82.8 Å². The Hall–Kier alpha value is -3.86. The molecule has 1 aliphatic heterocycles. The number of likely N-dealkylation sites (tertiary alicyclic amines) is 1. The molecule has 0 atom stereocenters. The number of hydrogen-bond donors (Lipinski definition) is 2. The van der Waals surface area contributed by atoms with Crippen LogP contribution in [0.2, 0.25) is 0 Å². The summed E-state index contributed by atoms with van der Waals surface area (Å²) in [6.07, 6.45) is 6.07. The highest BCUT2D eigenvalue weighted by Gasteiger charge is 2.31. The van der Waals surface area contributed by atoms with Gasteiger partial charge in [0, 0.05) is 57.4 Å². The number of unbranched alkanes of at least 4 members (excludes halogenated alkanes) is 1. The number of aryl methyl sites for hydroxylation is 1. The molecule has 1 amide bonds. The minimum absolute atomic E-state index is 0.156. The van der Waals surface area contributed by atoms with Crippen molar-refractivity contribution in [2.75, 3.05) is 45.7 Å². The Morgan fingerprint density at radius 3 is 2.67 bits per heavy atom. The first-order chi connectivity index (χ1) is 20.1. The van der Waals surface area contributed by atoms with Crippen molar-refractivity contribution in [2.24, 2.45) is 5.92 Å². The maximum atomic E-state index is 12.3. The number of esters is 1. The quantitative estimate of drug-likeness (QED) is 0.205. The molecule has 1 aromatic carbocycles. The topological polar surface area (TPSA) is 122 Å². The van der Waals surface area contributed by atoms with Crippen molar-refractivity contribution in [2.45, 2.75) is 65.5 Å². The molecule has 0 aliphatic carbocycles. The average Bonchev–Trinajstić information content (AvgIpc) is 3.33. The van der Waals surface area contributed by atoms with Crippen molar-refractivity contribution in [1.82, 2.24) is 24.8 Å². The first-order valence-corrected chi connectivity index (χ1v) is 14.6. The van der Waals surface area contributed by atoms with E-state index < -0.39 is 5.60 Å². The smallest absolute Gasteiger partial charge is 0.410 e. The molecule has 228 valence electrons. The van der Waals surface area contributed by atoms with Gasteiger partial charge in [-0.1, -0.05) is 0 Å². The van der Waals surface area contributed by atoms with E-state index in [0.717, 1.165) is 78.3 Å². The number of anilines is 2. The van der Waals surface area contributed by atoms with Crippen molar-refractivity contribution in [3.63, 3.8) is 0 Å². The predicted octanol–water partition coefficient (Wildman–Crippen LogP) is 5.28. The zero-order valence-electron chi connectivity index (χ0n) is 25.7. The van der Waals surface area contributed by atoms with Crippen LogP contribution in [0.25, 0.3) is 11.0 Å². The van der Waals surface area contributed by atoms with Crippen LogP contribution in [-0.2, 0) is 27.2 Å². The Morgan fingerprint density at radius 2 is 1.95 bits per heavy atom. The van der Waals surface area contributed by atoms with Crippen molar-refractivity contribution < 1.29 is 23.8 Å². The van der Waals surface area contributed by atoms with Crippen LogP contribution in [0.15, 0.2) is 30.7 Å². The van der Waals surface area contributed by atoms with Crippen LogP contribution in [0.4, 0.5) is 16.3 Å². The molecule has 11 nitrogen and oxygen atoms in total. The molecular formula is C31H44N6O5. The molecule has 2 N–H and O–H groups in total. The monoisotopic (exact) mass is 580 g/mol. The van der Waals surface area contributed by atoms with Gasteiger partial charge < -0.3 is 29.4 Å². The van der Waals surface area contributed by atoms with Gasteiger partial charge in [-0.25, -0.2) is 14.8 Å². The van der Waals surface area contributed by atoms with E-state index >= 15 is 0 Å². The number of carbonyl (C=O) groups is 2. The van der Waals surface area contributed by atoms with Crippen LogP contribution < -0.4 is 10.1 Å². The second kappa shape index (κ2) is 13.9. The normalized spacial score (nSPS) is 14.0. The molecule has 1 aliphatic rings. The number of aromatic amines is 1. The molecular weight excluding hydrogens is 536 g/mol. The van der Waals surface area contributed by atoms with Gasteiger partial charge in [-0.15, -0.1) is 0 Å². The molecule has 3 aromatic rings. The van der Waals surface area contributed by atoms with E-state index in [2.05, 4.69) is 31.2 Å². The van der Waals surface area contributed by atoms with E-state index in [0.29, 0.717) is 25.5 Å². The maximum Gasteiger partial charge on any atom is 0.410 e. The summed E-state index contributed by atoms with van der Waals surface area (Å²) in [6.45, 7) is 11.1. The number of nitrogens with zero attached hydrogens (tertiary/aromatic N) is 4. The van der Waals surface area contributed by atoms with Gasteiger partial charge in [0.2, 0.25) is 0 Å². The summed E-state index contributed by atoms with van der Waals surface area (Å²) < 4.78 is 16.1. The minimum atomic E-state index is -0.501. The number of aromatic nitrogens is 3. The molecule has 42 heavy (non-hydrogen) atoms. The summed E-state index contributed by atoms with van der Waals surface area (Å²) >= 11 is 0. The van der Waals surface area contributed by atoms with Crippen molar-refractivity contribution in [3.8, 4) is 5.75 Å². The third-order valence-electron chi connectivity index (χ3n) is 7.14. The SMILES string of the molecule is CCOC(=O)CCCCc1cc(Nc2ncnc3[nH]cc(CN4CC(CN(C)C(=O)OC(C)(C)C)C4)c23)ccc1OC. The van der Waals surface area contributed by atoms with Gasteiger partial charge in [-0.05, 0) is 76.3 Å². The lowest BCUT2D eigenvalue weighted by atomic mass is 9.99. The molecule has 0 unspecified atom stereocenters. The van der Waals surface area contributed by atoms with Gasteiger partial charge in [0.25, 0.3) is 0 Å². The first-order valence-electron chi connectivity index (χ1n) is 14.6. The average molecular weight is 581 g/mol. The summed E-state index contributed by atoms with van der Waals surface area (Å²) in [6, 6.07) is 6.00. The molecule has 4 rings (SSSR count). The largest absolute Gasteiger partial charge is 0.496 e. The summed E-state index contributed by atoms with van der Waals surface area (Å²) in [4.78, 5) is 40.3. The zero-order chi connectivity index (χ0) is 30.3. The van der Waals surface area contributed by atoms with E-state index in [-0.39, 0.29) is 12.1 Å². The number of ether oxygens (including phenoxy) is 3. The Balaban J connectivity index is 1.38. The third kappa shape index (κ3) is 8.34. The van der Waals surface area contributed by atoms with Gasteiger partial charge in [-0.2, -0.15) is 0 Å². The standard InChI is InChI=1S/C31H44N6O5/c1-7-41-26(38)11-9-8-10-22-14-24(12-13-25(22)40-6)35-29-27-23(15-32-28(27)33-20-34-29)19-37-17-21(18-37)16-36(5)30(39)42-31(2,3)4/h12-15,20-21H,7-11,16-19H2,1-6H3,(H2,32,33,34,35). The predicted molar refractivity (Wildman–Crippen MR) is 162 cm³/mol. The van der Waals surface area contributed by atoms with E-state index in [1.165, 1.54) is 0 Å². The number of H-pyrrole nitrogens is 1. The number of benzene rings is 1. The van der Waals surface area contributed by atoms with Crippen molar-refractivity contribution >= 4 is 34.6 Å². The Labute approximate surface area is 247 Å². The lowest BCUT2D eigenvalue weighted by Crippen LogP contribution is -2.51. The van der Waals surface area contributed by atoms with Gasteiger partial charge in [0.15, 0.2) is 0 Å². The fraction of sp³-hybridized carbons (Fsp3) is 0.548. The number of fused-ring (bicyclic) bond motifs is 1. The first kappa shape index (κ1) is 31.1. The number of hydrogen-bond acceptors (Lipinski definition) is 9. The fourth-order valence-corrected chi connectivity index (χ4v) is 5.22. The number of nitrogens with one attached hydrogen (secondary N) is 2. The summed E-state index contributed by atoms with van der Waals surface area (Å²) in [5.74, 6) is 1.79. The van der Waals surface area contributed by atoms with E-state index in [4.69, 9.17) is 14.2 Å². The molecule has 11 heteroatoms. The van der Waals surface area contributed by atoms with Crippen molar-refractivity contribution in [1.29, 1.82) is 0 Å². The Morgan fingerprint density at radius 1 is 1.17 bits per heavy atom. The van der Waals surface area contributed by atoms with E-state index in [1.54, 1.807) is 25.4 Å². The Kier molecular flexibility index (Phi) is 10.3. The van der Waals surface area contributed by atoms with Crippen molar-refractivity contribution in [3.05, 3.63) is 41.9 Å². The number of methoxy groups -OCH3 is 1.